The van der Waals surface area contributed by atoms with Crippen LogP contribution in [-0.2, 0) is 14.3 Å². The van der Waals surface area contributed by atoms with Crippen LogP contribution in [0.5, 0.6) is 11.5 Å². The van der Waals surface area contributed by atoms with Gasteiger partial charge in [-0.3, -0.25) is 9.59 Å². The second kappa shape index (κ2) is 4.77. The van der Waals surface area contributed by atoms with Crippen LogP contribution >= 0.6 is 0 Å². The molecule has 4 aliphatic rings. The molecule has 134 valence electrons. The van der Waals surface area contributed by atoms with Gasteiger partial charge in [0.25, 0.3) is 0 Å². The fourth-order valence-corrected chi connectivity index (χ4v) is 5.09. The van der Waals surface area contributed by atoms with E-state index < -0.39 is 23.0 Å². The third kappa shape index (κ3) is 1.70. The van der Waals surface area contributed by atoms with E-state index >= 15 is 0 Å². The third-order valence-electron chi connectivity index (χ3n) is 6.23. The Morgan fingerprint density at radius 2 is 1.62 bits per heavy atom. The number of benzene rings is 1. The summed E-state index contributed by atoms with van der Waals surface area (Å²) in [6.45, 7) is 4.47. The smallest absolute Gasteiger partial charge is 0.240 e. The first-order valence-corrected chi connectivity index (χ1v) is 8.80. The molecule has 0 saturated carbocycles. The Balaban J connectivity index is 1.64. The van der Waals surface area contributed by atoms with Gasteiger partial charge in [0.2, 0.25) is 11.8 Å². The summed E-state index contributed by atoms with van der Waals surface area (Å²) in [5, 5.41) is 9.28. The minimum Gasteiger partial charge on any atom is -0.485 e. The van der Waals surface area contributed by atoms with Gasteiger partial charge in [0.1, 0.15) is 19.3 Å². The molecule has 0 unspecified atom stereocenters. The number of amides is 2. The van der Waals surface area contributed by atoms with Gasteiger partial charge in [0.15, 0.2) is 11.5 Å². The van der Waals surface area contributed by atoms with Crippen molar-refractivity contribution < 1.29 is 23.8 Å². The lowest BCUT2D eigenvalue weighted by molar-refractivity contribution is -0.129. The van der Waals surface area contributed by atoms with Crippen molar-refractivity contribution in [3.05, 3.63) is 17.7 Å². The van der Waals surface area contributed by atoms with Gasteiger partial charge >= 0.3 is 0 Å². The van der Waals surface area contributed by atoms with E-state index in [0.29, 0.717) is 36.0 Å². The van der Waals surface area contributed by atoms with Crippen LogP contribution in [0.1, 0.15) is 32.3 Å². The summed E-state index contributed by atoms with van der Waals surface area (Å²) in [4.78, 5) is 27.7. The van der Waals surface area contributed by atoms with E-state index in [0.717, 1.165) is 12.8 Å². The first-order chi connectivity index (χ1) is 12.4. The highest BCUT2D eigenvalue weighted by molar-refractivity contribution is 6.24. The Morgan fingerprint density at radius 1 is 1.04 bits per heavy atom. The van der Waals surface area contributed by atoms with E-state index in [1.165, 1.54) is 4.90 Å². The Hall–Kier alpha value is -2.59. The normalized spacial score (nSPS) is 37.0. The second-order valence-electron chi connectivity index (χ2n) is 7.79. The van der Waals surface area contributed by atoms with Gasteiger partial charge in [-0.1, -0.05) is 0 Å². The number of ether oxygens (including phenoxy) is 3. The molecule has 4 atom stereocenters. The van der Waals surface area contributed by atoms with Crippen LogP contribution in [0.15, 0.2) is 12.1 Å². The Bertz CT molecular complexity index is 872. The predicted molar refractivity (Wildman–Crippen MR) is 88.7 cm³/mol. The number of nitriles is 1. The minimum atomic E-state index is -0.606. The van der Waals surface area contributed by atoms with Crippen molar-refractivity contribution >= 4 is 17.5 Å². The zero-order valence-electron chi connectivity index (χ0n) is 14.6. The molecule has 0 aromatic heterocycles. The maximum absolute atomic E-state index is 13.2. The quantitative estimate of drug-likeness (QED) is 0.714. The van der Waals surface area contributed by atoms with Crippen molar-refractivity contribution in [2.24, 2.45) is 11.8 Å². The van der Waals surface area contributed by atoms with E-state index in [-0.39, 0.29) is 11.8 Å². The van der Waals surface area contributed by atoms with Crippen LogP contribution < -0.4 is 14.4 Å². The molecule has 1 aromatic rings. The molecule has 0 N–H and O–H groups in total. The van der Waals surface area contributed by atoms with Gasteiger partial charge in [-0.25, -0.2) is 4.90 Å². The molecule has 7 nitrogen and oxygen atoms in total. The molecule has 0 spiro atoms. The monoisotopic (exact) mass is 354 g/mol. The van der Waals surface area contributed by atoms with Crippen LogP contribution in [0.25, 0.3) is 0 Å². The van der Waals surface area contributed by atoms with Gasteiger partial charge < -0.3 is 14.2 Å². The highest BCUT2D eigenvalue weighted by atomic mass is 16.6. The average Bonchev–Trinajstić information content (AvgIpc) is 3.18. The minimum absolute atomic E-state index is 0.257. The molecule has 4 aliphatic heterocycles. The maximum atomic E-state index is 13.2. The molecule has 26 heavy (non-hydrogen) atoms. The van der Waals surface area contributed by atoms with E-state index in [4.69, 9.17) is 14.2 Å². The molecule has 5 rings (SSSR count). The van der Waals surface area contributed by atoms with Crippen molar-refractivity contribution in [3.8, 4) is 17.6 Å². The lowest BCUT2D eigenvalue weighted by Crippen LogP contribution is -2.40. The highest BCUT2D eigenvalue weighted by Gasteiger charge is 2.72. The van der Waals surface area contributed by atoms with Gasteiger partial charge in [-0.2, -0.15) is 5.26 Å². The summed E-state index contributed by atoms with van der Waals surface area (Å²) in [6, 6.07) is 5.21. The summed E-state index contributed by atoms with van der Waals surface area (Å²) in [7, 11) is 0. The topological polar surface area (TPSA) is 88.9 Å². The SMILES string of the molecule is C[C@]12CC[C@](C)(O1)[C@@H]1C(=O)N(c3ccc(C#N)c4c3OCCO4)C(=O)[C@@H]12. The highest BCUT2D eigenvalue weighted by Crippen LogP contribution is 2.61. The zero-order valence-corrected chi connectivity index (χ0v) is 14.6. The van der Waals surface area contributed by atoms with Gasteiger partial charge in [0.05, 0.1) is 34.3 Å². The molecule has 0 radical (unpaired) electrons. The van der Waals surface area contributed by atoms with E-state index in [2.05, 4.69) is 6.07 Å². The summed E-state index contributed by atoms with van der Waals surface area (Å²) < 4.78 is 17.4. The molecule has 3 saturated heterocycles. The summed E-state index contributed by atoms with van der Waals surface area (Å²) >= 11 is 0. The van der Waals surface area contributed by atoms with Crippen molar-refractivity contribution in [2.75, 3.05) is 18.1 Å². The molecule has 4 heterocycles. The fraction of sp³-hybridized carbons (Fsp3) is 0.526. The number of hydrogen-bond donors (Lipinski definition) is 0. The lowest BCUT2D eigenvalue weighted by Gasteiger charge is -2.28. The van der Waals surface area contributed by atoms with Crippen molar-refractivity contribution in [1.82, 2.24) is 0 Å². The van der Waals surface area contributed by atoms with Gasteiger partial charge in [0, 0.05) is 0 Å². The summed E-state index contributed by atoms with van der Waals surface area (Å²) in [5.41, 5.74) is -0.532. The van der Waals surface area contributed by atoms with Crippen LogP contribution in [0.3, 0.4) is 0 Å². The lowest BCUT2D eigenvalue weighted by atomic mass is 9.69. The van der Waals surface area contributed by atoms with Gasteiger partial charge in [-0.05, 0) is 38.8 Å². The van der Waals surface area contributed by atoms with E-state index in [1.807, 2.05) is 13.8 Å². The van der Waals surface area contributed by atoms with Crippen molar-refractivity contribution in [3.63, 3.8) is 0 Å². The summed E-state index contributed by atoms with van der Waals surface area (Å²) in [6.07, 6.45) is 1.53. The number of carbonyl (C=O) groups is 2. The van der Waals surface area contributed by atoms with E-state index in [9.17, 15) is 14.9 Å². The number of fused-ring (bicyclic) bond motifs is 6. The molecule has 2 bridgehead atoms. The number of imide groups is 1. The number of hydrogen-bond acceptors (Lipinski definition) is 6. The standard InChI is InChI=1S/C19H18N2O5/c1-18-5-6-19(2,26-18)13-12(18)16(22)21(17(13)23)11-4-3-10(9-20)14-15(11)25-8-7-24-14/h3-4,12-13H,5-8H2,1-2H3/t12-,13+,18-,19+. The maximum Gasteiger partial charge on any atom is 0.240 e. The first kappa shape index (κ1) is 15.6. The predicted octanol–water partition coefficient (Wildman–Crippen LogP) is 1.78. The fourth-order valence-electron chi connectivity index (χ4n) is 5.09. The van der Waals surface area contributed by atoms with Crippen LogP contribution in [0.4, 0.5) is 5.69 Å². The molecule has 7 heteroatoms. The third-order valence-corrected chi connectivity index (χ3v) is 6.23. The van der Waals surface area contributed by atoms with Crippen LogP contribution in [-0.4, -0.2) is 36.2 Å². The molecule has 3 fully saturated rings. The Kier molecular flexibility index (Phi) is 2.87. The zero-order chi connectivity index (χ0) is 18.3. The van der Waals surface area contributed by atoms with Crippen LogP contribution in [0.2, 0.25) is 0 Å². The number of carbonyl (C=O) groups excluding carboxylic acids is 2. The molecular formula is C19H18N2O5. The van der Waals surface area contributed by atoms with Crippen LogP contribution in [0, 0.1) is 23.2 Å². The molecular weight excluding hydrogens is 336 g/mol. The van der Waals surface area contributed by atoms with Gasteiger partial charge in [-0.15, -0.1) is 0 Å². The van der Waals surface area contributed by atoms with Crippen molar-refractivity contribution in [2.45, 2.75) is 37.9 Å². The molecule has 2 amide bonds. The van der Waals surface area contributed by atoms with Crippen molar-refractivity contribution in [1.29, 1.82) is 5.26 Å². The average molecular weight is 354 g/mol. The molecule has 0 aliphatic carbocycles. The number of rotatable bonds is 1. The number of anilines is 1. The second-order valence-corrected chi connectivity index (χ2v) is 7.79. The number of nitrogens with zero attached hydrogens (tertiary/aromatic N) is 2. The largest absolute Gasteiger partial charge is 0.485 e. The first-order valence-electron chi connectivity index (χ1n) is 8.80. The molecule has 1 aromatic carbocycles. The Labute approximate surface area is 150 Å². The summed E-state index contributed by atoms with van der Waals surface area (Å²) in [5.74, 6) is -0.890. The Morgan fingerprint density at radius 3 is 2.19 bits per heavy atom. The van der Waals surface area contributed by atoms with E-state index in [1.54, 1.807) is 12.1 Å².